The standard InChI is InChI=1S/C5H6OS2/c1-6-4-2-3-5(7)8-4/h2-3,7H,1H3. The van der Waals surface area contributed by atoms with E-state index in [0.717, 1.165) is 9.27 Å². The smallest absolute Gasteiger partial charge is 0.174 e. The molecular formula is C5H6OS2. The number of thiophene rings is 1. The van der Waals surface area contributed by atoms with Crippen LogP contribution in [0.5, 0.6) is 5.06 Å². The second-order valence-electron chi connectivity index (χ2n) is 1.30. The van der Waals surface area contributed by atoms with Crippen molar-refractivity contribution in [2.24, 2.45) is 0 Å². The lowest BCUT2D eigenvalue weighted by Crippen LogP contribution is -1.73. The first-order valence-corrected chi connectivity index (χ1v) is 3.42. The Morgan fingerprint density at radius 1 is 1.62 bits per heavy atom. The van der Waals surface area contributed by atoms with Crippen molar-refractivity contribution in [2.45, 2.75) is 4.21 Å². The molecule has 1 nitrogen and oxygen atoms in total. The maximum Gasteiger partial charge on any atom is 0.174 e. The molecule has 44 valence electrons. The van der Waals surface area contributed by atoms with Gasteiger partial charge in [0, 0.05) is 0 Å². The topological polar surface area (TPSA) is 9.23 Å². The zero-order valence-corrected chi connectivity index (χ0v) is 6.13. The summed E-state index contributed by atoms with van der Waals surface area (Å²) in [6.45, 7) is 0. The summed E-state index contributed by atoms with van der Waals surface area (Å²) < 4.78 is 5.89. The summed E-state index contributed by atoms with van der Waals surface area (Å²) in [6, 6.07) is 3.81. The van der Waals surface area contributed by atoms with Crippen LogP contribution in [0.4, 0.5) is 0 Å². The molecule has 0 aromatic carbocycles. The second-order valence-corrected chi connectivity index (χ2v) is 3.13. The summed E-state index contributed by atoms with van der Waals surface area (Å²) in [5.74, 6) is 0. The Morgan fingerprint density at radius 2 is 2.38 bits per heavy atom. The molecule has 1 aromatic heterocycles. The Bertz CT molecular complexity index is 171. The van der Waals surface area contributed by atoms with Gasteiger partial charge in [-0.25, -0.2) is 0 Å². The molecule has 1 heterocycles. The van der Waals surface area contributed by atoms with Crippen LogP contribution >= 0.6 is 24.0 Å². The summed E-state index contributed by atoms with van der Waals surface area (Å²) in [7, 11) is 1.65. The number of hydrogen-bond donors (Lipinski definition) is 1. The van der Waals surface area contributed by atoms with Gasteiger partial charge in [0.2, 0.25) is 0 Å². The molecule has 0 fully saturated rings. The molecule has 0 aliphatic heterocycles. The molecule has 0 bridgehead atoms. The number of hydrogen-bond acceptors (Lipinski definition) is 3. The first-order valence-electron chi connectivity index (χ1n) is 2.15. The minimum absolute atomic E-state index is 0.912. The van der Waals surface area contributed by atoms with E-state index in [0.29, 0.717) is 0 Å². The van der Waals surface area contributed by atoms with Crippen LogP contribution in [0.3, 0.4) is 0 Å². The van der Waals surface area contributed by atoms with Gasteiger partial charge in [-0.15, -0.1) is 12.6 Å². The first kappa shape index (κ1) is 5.98. The summed E-state index contributed by atoms with van der Waals surface area (Å²) >= 11 is 5.63. The van der Waals surface area contributed by atoms with Gasteiger partial charge in [0.1, 0.15) is 0 Å². The third-order valence-corrected chi connectivity index (χ3v) is 2.04. The van der Waals surface area contributed by atoms with Crippen molar-refractivity contribution >= 4 is 24.0 Å². The van der Waals surface area contributed by atoms with E-state index in [9.17, 15) is 0 Å². The highest BCUT2D eigenvalue weighted by Gasteiger charge is 1.91. The van der Waals surface area contributed by atoms with E-state index in [1.165, 1.54) is 11.3 Å². The minimum Gasteiger partial charge on any atom is -0.487 e. The van der Waals surface area contributed by atoms with E-state index in [1.807, 2.05) is 12.1 Å². The summed E-state index contributed by atoms with van der Waals surface area (Å²) in [5.41, 5.74) is 0. The summed E-state index contributed by atoms with van der Waals surface area (Å²) in [5, 5.41) is 0.912. The van der Waals surface area contributed by atoms with Crippen LogP contribution in [0.1, 0.15) is 0 Å². The molecule has 0 atom stereocenters. The molecule has 0 aliphatic carbocycles. The quantitative estimate of drug-likeness (QED) is 0.596. The molecule has 0 saturated heterocycles. The maximum absolute atomic E-state index is 4.90. The predicted molar refractivity (Wildman–Crippen MR) is 38.1 cm³/mol. The zero-order chi connectivity index (χ0) is 5.98. The van der Waals surface area contributed by atoms with Crippen LogP contribution in [0, 0.1) is 0 Å². The first-order chi connectivity index (χ1) is 3.83. The maximum atomic E-state index is 4.90. The molecular weight excluding hydrogens is 140 g/mol. The minimum atomic E-state index is 0.912. The van der Waals surface area contributed by atoms with Gasteiger partial charge in [0.05, 0.1) is 11.3 Å². The van der Waals surface area contributed by atoms with Gasteiger partial charge in [-0.2, -0.15) is 0 Å². The van der Waals surface area contributed by atoms with Crippen LogP contribution < -0.4 is 4.74 Å². The molecule has 8 heavy (non-hydrogen) atoms. The van der Waals surface area contributed by atoms with Gasteiger partial charge < -0.3 is 4.74 Å². The zero-order valence-electron chi connectivity index (χ0n) is 4.42. The van der Waals surface area contributed by atoms with E-state index in [4.69, 9.17) is 4.74 Å². The van der Waals surface area contributed by atoms with Gasteiger partial charge in [0.25, 0.3) is 0 Å². The van der Waals surface area contributed by atoms with Gasteiger partial charge in [-0.1, -0.05) is 11.3 Å². The van der Waals surface area contributed by atoms with Crippen LogP contribution in [0.2, 0.25) is 0 Å². The van der Waals surface area contributed by atoms with Crippen molar-refractivity contribution in [3.63, 3.8) is 0 Å². The van der Waals surface area contributed by atoms with Crippen LogP contribution in [-0.2, 0) is 0 Å². The highest BCUT2D eigenvalue weighted by molar-refractivity contribution is 7.82. The van der Waals surface area contributed by atoms with Crippen molar-refractivity contribution in [3.8, 4) is 5.06 Å². The van der Waals surface area contributed by atoms with Crippen molar-refractivity contribution < 1.29 is 4.74 Å². The Kier molecular flexibility index (Phi) is 1.81. The number of thiol groups is 1. The highest BCUT2D eigenvalue weighted by Crippen LogP contribution is 2.25. The third-order valence-electron chi connectivity index (χ3n) is 0.768. The van der Waals surface area contributed by atoms with E-state index < -0.39 is 0 Å². The Hall–Kier alpha value is -0.150. The fraction of sp³-hybridized carbons (Fsp3) is 0.200. The number of methoxy groups -OCH3 is 1. The fourth-order valence-corrected chi connectivity index (χ4v) is 1.33. The average Bonchev–Trinajstić information content (AvgIpc) is 2.14. The second kappa shape index (κ2) is 2.42. The largest absolute Gasteiger partial charge is 0.487 e. The fourth-order valence-electron chi connectivity index (χ4n) is 0.420. The lowest BCUT2D eigenvalue weighted by molar-refractivity contribution is 0.427. The third kappa shape index (κ3) is 1.17. The van der Waals surface area contributed by atoms with Gasteiger partial charge in [0.15, 0.2) is 5.06 Å². The van der Waals surface area contributed by atoms with Gasteiger partial charge >= 0.3 is 0 Å². The highest BCUT2D eigenvalue weighted by atomic mass is 32.2. The summed E-state index contributed by atoms with van der Waals surface area (Å²) in [4.78, 5) is 0. The van der Waals surface area contributed by atoms with Crippen LogP contribution in [-0.4, -0.2) is 7.11 Å². The van der Waals surface area contributed by atoms with Crippen molar-refractivity contribution in [1.29, 1.82) is 0 Å². The van der Waals surface area contributed by atoms with Gasteiger partial charge in [-0.3, -0.25) is 0 Å². The van der Waals surface area contributed by atoms with Crippen molar-refractivity contribution in [2.75, 3.05) is 7.11 Å². The molecule has 0 saturated carbocycles. The molecule has 1 aromatic rings. The van der Waals surface area contributed by atoms with Crippen molar-refractivity contribution in [3.05, 3.63) is 12.1 Å². The Balaban J connectivity index is 2.84. The van der Waals surface area contributed by atoms with Gasteiger partial charge in [-0.05, 0) is 12.1 Å². The molecule has 0 aliphatic rings. The van der Waals surface area contributed by atoms with Crippen molar-refractivity contribution in [1.82, 2.24) is 0 Å². The van der Waals surface area contributed by atoms with Crippen LogP contribution in [0.25, 0.3) is 0 Å². The van der Waals surface area contributed by atoms with Crippen LogP contribution in [0.15, 0.2) is 16.3 Å². The Morgan fingerprint density at radius 3 is 2.62 bits per heavy atom. The predicted octanol–water partition coefficient (Wildman–Crippen LogP) is 2.05. The molecule has 0 spiro atoms. The molecule has 0 N–H and O–H groups in total. The SMILES string of the molecule is COc1ccc(S)s1. The normalized spacial score (nSPS) is 9.25. The van der Waals surface area contributed by atoms with E-state index in [2.05, 4.69) is 12.6 Å². The molecule has 0 amide bonds. The lowest BCUT2D eigenvalue weighted by atomic mass is 10.6. The lowest BCUT2D eigenvalue weighted by Gasteiger charge is -1.86. The summed E-state index contributed by atoms with van der Waals surface area (Å²) in [6.07, 6.45) is 0. The van der Waals surface area contributed by atoms with E-state index in [1.54, 1.807) is 7.11 Å². The number of ether oxygens (including phenoxy) is 1. The average molecular weight is 146 g/mol. The van der Waals surface area contributed by atoms with E-state index in [-0.39, 0.29) is 0 Å². The molecule has 0 unspecified atom stereocenters. The number of rotatable bonds is 1. The Labute approximate surface area is 57.7 Å². The molecule has 0 radical (unpaired) electrons. The molecule has 3 heteroatoms. The van der Waals surface area contributed by atoms with E-state index >= 15 is 0 Å². The molecule has 1 rings (SSSR count). The monoisotopic (exact) mass is 146 g/mol.